The Morgan fingerprint density at radius 3 is 3.00 bits per heavy atom. The molecule has 0 aliphatic heterocycles. The summed E-state index contributed by atoms with van der Waals surface area (Å²) in [6.07, 6.45) is 1.42. The van der Waals surface area contributed by atoms with Crippen molar-refractivity contribution in [1.29, 1.82) is 0 Å². The van der Waals surface area contributed by atoms with Crippen molar-refractivity contribution in [1.82, 2.24) is 14.9 Å². The van der Waals surface area contributed by atoms with Gasteiger partial charge in [-0.25, -0.2) is 9.47 Å². The Balaban J connectivity index is 1.96. The van der Waals surface area contributed by atoms with Gasteiger partial charge in [0.2, 0.25) is 10.9 Å². The van der Waals surface area contributed by atoms with Crippen molar-refractivity contribution in [3.05, 3.63) is 41.9 Å². The van der Waals surface area contributed by atoms with Gasteiger partial charge in [0, 0.05) is 16.7 Å². The lowest BCUT2D eigenvalue weighted by molar-refractivity contribution is 0.0491. The van der Waals surface area contributed by atoms with E-state index in [9.17, 15) is 4.79 Å². The van der Waals surface area contributed by atoms with Crippen LogP contribution in [0.15, 0.2) is 40.2 Å². The molecule has 3 rings (SSSR count). The van der Waals surface area contributed by atoms with E-state index in [1.807, 2.05) is 24.3 Å². The average Bonchev–Trinajstić information content (AvgIpc) is 3.09. The number of nitrogens with zero attached hydrogens (tertiary/aromatic N) is 3. The molecule has 0 aliphatic rings. The van der Waals surface area contributed by atoms with Crippen molar-refractivity contribution in [2.24, 2.45) is 0 Å². The Morgan fingerprint density at radius 2 is 2.27 bits per heavy atom. The zero-order valence-corrected chi connectivity index (χ0v) is 12.7. The summed E-state index contributed by atoms with van der Waals surface area (Å²) in [5.74, 6) is 5.92. The molecule has 2 N–H and O–H groups in total. The number of carbonyl (C=O) groups excluding carboxylic acids is 1. The number of rotatable bonds is 5. The normalized spacial score (nSPS) is 11.0. The average molecular weight is 318 g/mol. The number of thioether (sulfide) groups is 1. The topological polar surface area (TPSA) is 96.2 Å². The summed E-state index contributed by atoms with van der Waals surface area (Å²) in [7, 11) is 0. The Morgan fingerprint density at radius 1 is 1.45 bits per heavy atom. The second-order valence-corrected chi connectivity index (χ2v) is 5.38. The zero-order chi connectivity index (χ0) is 15.5. The fraction of sp³-hybridized carbons (Fsp3) is 0.214. The molecule has 0 atom stereocenters. The molecule has 0 saturated carbocycles. The highest BCUT2D eigenvalue weighted by molar-refractivity contribution is 7.98. The van der Waals surface area contributed by atoms with Crippen molar-refractivity contribution in [2.75, 3.05) is 12.4 Å². The molecule has 0 unspecified atom stereocenters. The molecule has 2 aromatic heterocycles. The molecule has 8 heteroatoms. The van der Waals surface area contributed by atoms with Gasteiger partial charge in [0.1, 0.15) is 11.9 Å². The largest absolute Gasteiger partial charge is 0.460 e. The van der Waals surface area contributed by atoms with E-state index in [2.05, 4.69) is 10.2 Å². The third-order valence-electron chi connectivity index (χ3n) is 3.04. The second-order valence-electron chi connectivity index (χ2n) is 4.44. The number of para-hydroxylation sites is 1. The first-order chi connectivity index (χ1) is 10.7. The maximum absolute atomic E-state index is 12.1. The van der Waals surface area contributed by atoms with Gasteiger partial charge in [-0.3, -0.25) is 0 Å². The van der Waals surface area contributed by atoms with E-state index in [1.54, 1.807) is 6.92 Å². The molecule has 1 aromatic carbocycles. The predicted molar refractivity (Wildman–Crippen MR) is 81.9 cm³/mol. The molecule has 0 radical (unpaired) electrons. The minimum absolute atomic E-state index is 0.221. The maximum Gasteiger partial charge on any atom is 0.374 e. The molecular formula is C14H14N4O3S. The number of esters is 1. The molecule has 0 bridgehead atoms. The highest BCUT2D eigenvalue weighted by Crippen LogP contribution is 2.31. The van der Waals surface area contributed by atoms with E-state index in [0.29, 0.717) is 23.1 Å². The van der Waals surface area contributed by atoms with E-state index < -0.39 is 5.97 Å². The molecule has 3 aromatic rings. The van der Waals surface area contributed by atoms with Gasteiger partial charge in [-0.2, -0.15) is 0 Å². The molecule has 22 heavy (non-hydrogen) atoms. The molecule has 2 heterocycles. The molecule has 0 amide bonds. The van der Waals surface area contributed by atoms with Crippen LogP contribution < -0.4 is 5.84 Å². The van der Waals surface area contributed by atoms with Crippen LogP contribution in [0, 0.1) is 0 Å². The van der Waals surface area contributed by atoms with E-state index in [1.165, 1.54) is 22.8 Å². The molecule has 0 aliphatic carbocycles. The second kappa shape index (κ2) is 6.10. The third kappa shape index (κ3) is 2.64. The van der Waals surface area contributed by atoms with Gasteiger partial charge in [-0.05, 0) is 13.0 Å². The number of carbonyl (C=O) groups is 1. The van der Waals surface area contributed by atoms with Crippen molar-refractivity contribution in [3.8, 4) is 0 Å². The number of fused-ring (bicyclic) bond motifs is 1. The highest BCUT2D eigenvalue weighted by atomic mass is 32.2. The van der Waals surface area contributed by atoms with Gasteiger partial charge in [-0.15, -0.1) is 10.2 Å². The number of benzene rings is 1. The molecule has 0 spiro atoms. The standard InChI is InChI=1S/C14H14N4O3S/c1-2-20-13(19)12-10(7-22-14-17-16-8-18(14)15)9-5-3-4-6-11(9)21-12/h3-6,8H,2,7,15H2,1H3. The van der Waals surface area contributed by atoms with E-state index in [-0.39, 0.29) is 5.76 Å². The summed E-state index contributed by atoms with van der Waals surface area (Å²) in [6.45, 7) is 2.05. The van der Waals surface area contributed by atoms with Crippen molar-refractivity contribution >= 4 is 28.7 Å². The van der Waals surface area contributed by atoms with Crippen LogP contribution >= 0.6 is 11.8 Å². The smallest absolute Gasteiger partial charge is 0.374 e. The summed E-state index contributed by atoms with van der Waals surface area (Å²) in [5.41, 5.74) is 1.41. The van der Waals surface area contributed by atoms with Crippen LogP contribution in [0.4, 0.5) is 0 Å². The fourth-order valence-corrected chi connectivity index (χ4v) is 2.94. The molecule has 0 fully saturated rings. The number of furan rings is 1. The Bertz CT molecular complexity index is 811. The lowest BCUT2D eigenvalue weighted by Crippen LogP contribution is -2.08. The van der Waals surface area contributed by atoms with Crippen molar-refractivity contribution < 1.29 is 13.9 Å². The molecular weight excluding hydrogens is 304 g/mol. The van der Waals surface area contributed by atoms with Crippen LogP contribution in [0.1, 0.15) is 23.0 Å². The summed E-state index contributed by atoms with van der Waals surface area (Å²) in [5, 5.41) is 9.06. The summed E-state index contributed by atoms with van der Waals surface area (Å²) in [6, 6.07) is 7.48. The minimum atomic E-state index is -0.469. The van der Waals surface area contributed by atoms with Crippen LogP contribution in [0.2, 0.25) is 0 Å². The van der Waals surface area contributed by atoms with Gasteiger partial charge in [0.15, 0.2) is 0 Å². The van der Waals surface area contributed by atoms with E-state index >= 15 is 0 Å². The minimum Gasteiger partial charge on any atom is -0.460 e. The first-order valence-electron chi connectivity index (χ1n) is 6.66. The van der Waals surface area contributed by atoms with Crippen LogP contribution in [-0.4, -0.2) is 27.4 Å². The Kier molecular flexibility index (Phi) is 4.01. The van der Waals surface area contributed by atoms with E-state index in [4.69, 9.17) is 15.0 Å². The SMILES string of the molecule is CCOC(=O)c1oc2ccccc2c1CSc1nncn1N. The van der Waals surface area contributed by atoms with E-state index in [0.717, 1.165) is 10.9 Å². The number of ether oxygens (including phenoxy) is 1. The number of hydrogen-bond acceptors (Lipinski definition) is 7. The van der Waals surface area contributed by atoms with Gasteiger partial charge in [0.25, 0.3) is 0 Å². The fourth-order valence-electron chi connectivity index (χ4n) is 2.08. The maximum atomic E-state index is 12.1. The number of aromatic nitrogens is 3. The Hall–Kier alpha value is -2.48. The lowest BCUT2D eigenvalue weighted by atomic mass is 10.1. The van der Waals surface area contributed by atoms with Crippen molar-refractivity contribution in [3.63, 3.8) is 0 Å². The molecule has 114 valence electrons. The highest BCUT2D eigenvalue weighted by Gasteiger charge is 2.22. The van der Waals surface area contributed by atoms with Gasteiger partial charge in [-0.1, -0.05) is 30.0 Å². The molecule has 7 nitrogen and oxygen atoms in total. The first-order valence-corrected chi connectivity index (χ1v) is 7.64. The zero-order valence-electron chi connectivity index (χ0n) is 11.9. The Labute approximate surface area is 130 Å². The first kappa shape index (κ1) is 14.5. The van der Waals surface area contributed by atoms with Crippen molar-refractivity contribution in [2.45, 2.75) is 17.8 Å². The van der Waals surface area contributed by atoms with Crippen LogP contribution in [-0.2, 0) is 10.5 Å². The number of hydrogen-bond donors (Lipinski definition) is 1. The molecule has 0 saturated heterocycles. The number of nitrogens with two attached hydrogens (primary N) is 1. The quantitative estimate of drug-likeness (QED) is 0.437. The predicted octanol–water partition coefficient (Wildman–Crippen LogP) is 2.21. The van der Waals surface area contributed by atoms with Crippen LogP contribution in [0.5, 0.6) is 0 Å². The third-order valence-corrected chi connectivity index (χ3v) is 4.03. The summed E-state index contributed by atoms with van der Waals surface area (Å²) >= 11 is 1.37. The van der Waals surface area contributed by atoms with Gasteiger partial charge >= 0.3 is 5.97 Å². The lowest BCUT2D eigenvalue weighted by Gasteiger charge is -2.03. The number of nitrogen functional groups attached to an aromatic ring is 1. The van der Waals surface area contributed by atoms with Crippen LogP contribution in [0.25, 0.3) is 11.0 Å². The van der Waals surface area contributed by atoms with Gasteiger partial charge in [0.05, 0.1) is 6.61 Å². The summed E-state index contributed by atoms with van der Waals surface area (Å²) < 4.78 is 12.0. The van der Waals surface area contributed by atoms with Gasteiger partial charge < -0.3 is 15.0 Å². The monoisotopic (exact) mass is 318 g/mol. The summed E-state index contributed by atoms with van der Waals surface area (Å²) in [4.78, 5) is 12.1. The van der Waals surface area contributed by atoms with Crippen LogP contribution in [0.3, 0.4) is 0 Å².